The SMILES string of the molecule is COc1cccc(CN2CCC(N(C)c3cc(N(C)C)ncn3)C2)c1Cl. The van der Waals surface area contributed by atoms with Crippen LogP contribution < -0.4 is 14.5 Å². The highest BCUT2D eigenvalue weighted by Gasteiger charge is 2.27. The molecule has 140 valence electrons. The third-order valence-electron chi connectivity index (χ3n) is 4.91. The second kappa shape index (κ2) is 8.10. The minimum Gasteiger partial charge on any atom is -0.495 e. The molecular weight excluding hydrogens is 350 g/mol. The molecule has 2 aromatic rings. The number of likely N-dealkylation sites (tertiary alicyclic amines) is 1. The van der Waals surface area contributed by atoms with Crippen molar-refractivity contribution in [2.24, 2.45) is 0 Å². The maximum Gasteiger partial charge on any atom is 0.137 e. The molecule has 26 heavy (non-hydrogen) atoms. The largest absolute Gasteiger partial charge is 0.495 e. The smallest absolute Gasteiger partial charge is 0.137 e. The summed E-state index contributed by atoms with van der Waals surface area (Å²) in [6.45, 7) is 2.84. The summed E-state index contributed by atoms with van der Waals surface area (Å²) < 4.78 is 5.32. The summed E-state index contributed by atoms with van der Waals surface area (Å²) in [6.07, 6.45) is 2.73. The molecule has 1 saturated heterocycles. The van der Waals surface area contributed by atoms with Crippen LogP contribution in [0.5, 0.6) is 5.75 Å². The first kappa shape index (κ1) is 18.7. The van der Waals surface area contributed by atoms with Gasteiger partial charge in [0.25, 0.3) is 0 Å². The van der Waals surface area contributed by atoms with Crippen LogP contribution in [0.2, 0.25) is 5.02 Å². The van der Waals surface area contributed by atoms with Gasteiger partial charge in [0.15, 0.2) is 0 Å². The number of ether oxygens (including phenoxy) is 1. The topological polar surface area (TPSA) is 44.7 Å². The van der Waals surface area contributed by atoms with Crippen LogP contribution in [0.4, 0.5) is 11.6 Å². The molecule has 1 aromatic carbocycles. The predicted octanol–water partition coefficient (Wildman–Crippen LogP) is 2.92. The van der Waals surface area contributed by atoms with Crippen LogP contribution in [0.3, 0.4) is 0 Å². The lowest BCUT2D eigenvalue weighted by molar-refractivity contribution is 0.325. The average Bonchev–Trinajstić information content (AvgIpc) is 3.11. The lowest BCUT2D eigenvalue weighted by atomic mass is 10.2. The highest BCUT2D eigenvalue weighted by molar-refractivity contribution is 6.32. The summed E-state index contributed by atoms with van der Waals surface area (Å²) in [5.74, 6) is 2.60. The zero-order valence-corrected chi connectivity index (χ0v) is 16.6. The Kier molecular flexibility index (Phi) is 5.84. The molecule has 1 aliphatic rings. The molecule has 0 aliphatic carbocycles. The molecule has 1 aliphatic heterocycles. The van der Waals surface area contributed by atoms with Crippen LogP contribution >= 0.6 is 11.6 Å². The zero-order valence-electron chi connectivity index (χ0n) is 15.8. The first-order valence-corrected chi connectivity index (χ1v) is 9.13. The molecule has 0 saturated carbocycles. The number of hydrogen-bond acceptors (Lipinski definition) is 6. The van der Waals surface area contributed by atoms with Crippen molar-refractivity contribution in [2.45, 2.75) is 19.0 Å². The van der Waals surface area contributed by atoms with Crippen LogP contribution in [0.1, 0.15) is 12.0 Å². The van der Waals surface area contributed by atoms with E-state index >= 15 is 0 Å². The van der Waals surface area contributed by atoms with Crippen LogP contribution in [0, 0.1) is 0 Å². The lowest BCUT2D eigenvalue weighted by Crippen LogP contribution is -2.35. The Balaban J connectivity index is 1.66. The van der Waals surface area contributed by atoms with Gasteiger partial charge < -0.3 is 14.5 Å². The van der Waals surface area contributed by atoms with Crippen molar-refractivity contribution in [1.29, 1.82) is 0 Å². The molecule has 1 atom stereocenters. The molecule has 7 heteroatoms. The van der Waals surface area contributed by atoms with Gasteiger partial charge in [-0.3, -0.25) is 4.90 Å². The molecule has 0 bridgehead atoms. The van der Waals surface area contributed by atoms with Crippen LogP contribution in [-0.4, -0.2) is 62.3 Å². The van der Waals surface area contributed by atoms with E-state index in [2.05, 4.69) is 32.9 Å². The number of aromatic nitrogens is 2. The van der Waals surface area contributed by atoms with E-state index in [1.807, 2.05) is 37.2 Å². The van der Waals surface area contributed by atoms with Gasteiger partial charge in [-0.15, -0.1) is 0 Å². The molecule has 0 amide bonds. The molecule has 2 heterocycles. The molecule has 1 aromatic heterocycles. The first-order chi connectivity index (χ1) is 12.5. The zero-order chi connectivity index (χ0) is 18.7. The fraction of sp³-hybridized carbons (Fsp3) is 0.474. The number of likely N-dealkylation sites (N-methyl/N-ethyl adjacent to an activating group) is 1. The first-order valence-electron chi connectivity index (χ1n) is 8.75. The van der Waals surface area contributed by atoms with Gasteiger partial charge in [0.05, 0.1) is 12.1 Å². The van der Waals surface area contributed by atoms with E-state index in [1.54, 1.807) is 13.4 Å². The standard InChI is InChI=1S/C19H26ClN5O/c1-23(2)17-10-18(22-13-21-17)24(3)15-8-9-25(12-15)11-14-6-5-7-16(26-4)19(14)20/h5-7,10,13,15H,8-9,11-12H2,1-4H3. The summed E-state index contributed by atoms with van der Waals surface area (Å²) in [7, 11) is 7.73. The number of nitrogens with zero attached hydrogens (tertiary/aromatic N) is 5. The molecule has 3 rings (SSSR count). The van der Waals surface area contributed by atoms with Gasteiger partial charge in [-0.05, 0) is 18.1 Å². The summed E-state index contributed by atoms with van der Waals surface area (Å²) in [5, 5.41) is 0.707. The van der Waals surface area contributed by atoms with Gasteiger partial charge in [0.1, 0.15) is 23.7 Å². The monoisotopic (exact) mass is 375 g/mol. The Hall–Kier alpha value is -2.05. The van der Waals surface area contributed by atoms with Crippen molar-refractivity contribution >= 4 is 23.2 Å². The maximum absolute atomic E-state index is 6.45. The van der Waals surface area contributed by atoms with E-state index in [1.165, 1.54) is 0 Å². The van der Waals surface area contributed by atoms with Crippen molar-refractivity contribution in [3.8, 4) is 5.75 Å². The van der Waals surface area contributed by atoms with E-state index in [0.29, 0.717) is 11.1 Å². The predicted molar refractivity (Wildman–Crippen MR) is 106 cm³/mol. The van der Waals surface area contributed by atoms with Gasteiger partial charge in [0, 0.05) is 52.9 Å². The molecule has 0 radical (unpaired) electrons. The molecular formula is C19H26ClN5O. The summed E-state index contributed by atoms with van der Waals surface area (Å²) in [6, 6.07) is 8.40. The molecule has 1 fully saturated rings. The Bertz CT molecular complexity index is 754. The van der Waals surface area contributed by atoms with E-state index in [-0.39, 0.29) is 0 Å². The van der Waals surface area contributed by atoms with Gasteiger partial charge in [0.2, 0.25) is 0 Å². The third kappa shape index (κ3) is 4.02. The number of benzene rings is 1. The molecule has 0 N–H and O–H groups in total. The van der Waals surface area contributed by atoms with E-state index in [0.717, 1.165) is 49.0 Å². The normalized spacial score (nSPS) is 17.3. The summed E-state index contributed by atoms with van der Waals surface area (Å²) in [4.78, 5) is 15.4. The molecule has 1 unspecified atom stereocenters. The van der Waals surface area contributed by atoms with Crippen molar-refractivity contribution in [1.82, 2.24) is 14.9 Å². The van der Waals surface area contributed by atoms with Crippen LogP contribution in [-0.2, 0) is 6.54 Å². The number of halogens is 1. The van der Waals surface area contributed by atoms with Gasteiger partial charge in [-0.1, -0.05) is 23.7 Å². The van der Waals surface area contributed by atoms with Crippen molar-refractivity contribution < 1.29 is 4.74 Å². The number of rotatable bonds is 6. The van der Waals surface area contributed by atoms with Gasteiger partial charge in [-0.2, -0.15) is 0 Å². The van der Waals surface area contributed by atoms with Crippen LogP contribution in [0.15, 0.2) is 30.6 Å². The highest BCUT2D eigenvalue weighted by atomic mass is 35.5. The Labute approximate surface area is 160 Å². The lowest BCUT2D eigenvalue weighted by Gasteiger charge is -2.26. The highest BCUT2D eigenvalue weighted by Crippen LogP contribution is 2.30. The van der Waals surface area contributed by atoms with Crippen molar-refractivity contribution in [3.63, 3.8) is 0 Å². The van der Waals surface area contributed by atoms with Crippen LogP contribution in [0.25, 0.3) is 0 Å². The van der Waals surface area contributed by atoms with E-state index < -0.39 is 0 Å². The minimum atomic E-state index is 0.421. The quantitative estimate of drug-likeness (QED) is 0.773. The Morgan fingerprint density at radius 1 is 1.23 bits per heavy atom. The molecule has 6 nitrogen and oxygen atoms in total. The second-order valence-electron chi connectivity index (χ2n) is 6.85. The Morgan fingerprint density at radius 2 is 2.00 bits per heavy atom. The summed E-state index contributed by atoms with van der Waals surface area (Å²) >= 11 is 6.45. The molecule has 0 spiro atoms. The fourth-order valence-electron chi connectivity index (χ4n) is 3.31. The number of hydrogen-bond donors (Lipinski definition) is 0. The fourth-order valence-corrected chi connectivity index (χ4v) is 3.57. The van der Waals surface area contributed by atoms with Crippen molar-refractivity contribution in [3.05, 3.63) is 41.2 Å². The third-order valence-corrected chi connectivity index (χ3v) is 5.34. The minimum absolute atomic E-state index is 0.421. The number of anilines is 2. The second-order valence-corrected chi connectivity index (χ2v) is 7.23. The van der Waals surface area contributed by atoms with Gasteiger partial charge >= 0.3 is 0 Å². The number of methoxy groups -OCH3 is 1. The van der Waals surface area contributed by atoms with Crippen molar-refractivity contribution in [2.75, 3.05) is 51.1 Å². The van der Waals surface area contributed by atoms with E-state index in [4.69, 9.17) is 16.3 Å². The maximum atomic E-state index is 6.45. The Morgan fingerprint density at radius 3 is 2.73 bits per heavy atom. The average molecular weight is 376 g/mol. The van der Waals surface area contributed by atoms with E-state index in [9.17, 15) is 0 Å². The van der Waals surface area contributed by atoms with Gasteiger partial charge in [-0.25, -0.2) is 9.97 Å². The summed E-state index contributed by atoms with van der Waals surface area (Å²) in [5.41, 5.74) is 1.10.